The molecule has 146 valence electrons. The Labute approximate surface area is 162 Å². The van der Waals surface area contributed by atoms with Crippen molar-refractivity contribution in [2.24, 2.45) is 0 Å². The second-order valence-electron chi connectivity index (χ2n) is 6.95. The van der Waals surface area contributed by atoms with Crippen molar-refractivity contribution < 1.29 is 14.3 Å². The van der Waals surface area contributed by atoms with Gasteiger partial charge in [-0.15, -0.1) is 0 Å². The first kappa shape index (κ1) is 18.2. The van der Waals surface area contributed by atoms with E-state index in [1.165, 1.54) is 0 Å². The molecule has 1 unspecified atom stereocenters. The molecular formula is C20H23N5O3. The molecule has 0 aliphatic carbocycles. The molecule has 3 aromatic rings. The summed E-state index contributed by atoms with van der Waals surface area (Å²) in [5.41, 5.74) is 3.12. The molecule has 1 aromatic carbocycles. The van der Waals surface area contributed by atoms with Crippen molar-refractivity contribution in [2.45, 2.75) is 12.5 Å². The van der Waals surface area contributed by atoms with Crippen LogP contribution in [0.1, 0.15) is 16.8 Å². The third kappa shape index (κ3) is 3.38. The summed E-state index contributed by atoms with van der Waals surface area (Å²) >= 11 is 0. The van der Waals surface area contributed by atoms with Crippen LogP contribution in [-0.2, 0) is 0 Å². The minimum Gasteiger partial charge on any atom is -0.493 e. The number of aromatic amines is 1. The Morgan fingerprint density at radius 1 is 1.29 bits per heavy atom. The van der Waals surface area contributed by atoms with E-state index in [9.17, 15) is 4.79 Å². The third-order valence-electron chi connectivity index (χ3n) is 5.03. The maximum Gasteiger partial charge on any atom is 0.255 e. The van der Waals surface area contributed by atoms with Gasteiger partial charge < -0.3 is 24.7 Å². The summed E-state index contributed by atoms with van der Waals surface area (Å²) < 4.78 is 10.7. The SMILES string of the molecule is COc1ccc(-c2cnc3[nH]cc(C(=O)NC4CCN(C)C4)c3n2)cc1OC. The zero-order valence-electron chi connectivity index (χ0n) is 16.2. The van der Waals surface area contributed by atoms with Gasteiger partial charge in [-0.1, -0.05) is 0 Å². The molecule has 2 aromatic heterocycles. The van der Waals surface area contributed by atoms with Gasteiger partial charge in [0.25, 0.3) is 5.91 Å². The van der Waals surface area contributed by atoms with Crippen LogP contribution in [-0.4, -0.2) is 66.2 Å². The number of hydrogen-bond donors (Lipinski definition) is 2. The molecule has 28 heavy (non-hydrogen) atoms. The van der Waals surface area contributed by atoms with Gasteiger partial charge in [0.05, 0.1) is 31.7 Å². The van der Waals surface area contributed by atoms with E-state index in [1.54, 1.807) is 26.6 Å². The van der Waals surface area contributed by atoms with Crippen LogP contribution in [0.4, 0.5) is 0 Å². The number of fused-ring (bicyclic) bond motifs is 1. The standard InChI is InChI=1S/C20H23N5O3/c1-25-7-6-13(11-25)23-20(26)14-9-21-19-18(14)24-15(10-22-19)12-4-5-16(27-2)17(8-12)28-3/h4-5,8-10,13H,6-7,11H2,1-3H3,(H,21,22)(H,23,26). The lowest BCUT2D eigenvalue weighted by atomic mass is 10.1. The quantitative estimate of drug-likeness (QED) is 0.703. The van der Waals surface area contributed by atoms with Crippen molar-refractivity contribution in [2.75, 3.05) is 34.4 Å². The van der Waals surface area contributed by atoms with Crippen LogP contribution < -0.4 is 14.8 Å². The topological polar surface area (TPSA) is 92.4 Å². The monoisotopic (exact) mass is 381 g/mol. The second-order valence-corrected chi connectivity index (χ2v) is 6.95. The zero-order valence-corrected chi connectivity index (χ0v) is 16.2. The van der Waals surface area contributed by atoms with Gasteiger partial charge >= 0.3 is 0 Å². The Kier molecular flexibility index (Phi) is 4.87. The van der Waals surface area contributed by atoms with Crippen LogP contribution in [0.5, 0.6) is 11.5 Å². The van der Waals surface area contributed by atoms with Gasteiger partial charge in [0.2, 0.25) is 0 Å². The number of ether oxygens (including phenoxy) is 2. The highest BCUT2D eigenvalue weighted by atomic mass is 16.5. The molecule has 8 nitrogen and oxygen atoms in total. The number of H-pyrrole nitrogens is 1. The molecule has 0 bridgehead atoms. The number of methoxy groups -OCH3 is 2. The van der Waals surface area contributed by atoms with Gasteiger partial charge in [0, 0.05) is 24.3 Å². The van der Waals surface area contributed by atoms with E-state index in [-0.39, 0.29) is 11.9 Å². The Bertz CT molecular complexity index is 1020. The highest BCUT2D eigenvalue weighted by Gasteiger charge is 2.23. The number of benzene rings is 1. The Balaban J connectivity index is 1.65. The smallest absolute Gasteiger partial charge is 0.255 e. The number of hydrogen-bond acceptors (Lipinski definition) is 6. The minimum atomic E-state index is -0.134. The predicted octanol–water partition coefficient (Wildman–Crippen LogP) is 2.08. The van der Waals surface area contributed by atoms with E-state index in [4.69, 9.17) is 9.47 Å². The number of nitrogens with one attached hydrogen (secondary N) is 2. The van der Waals surface area contributed by atoms with Crippen LogP contribution in [0.25, 0.3) is 22.4 Å². The van der Waals surface area contributed by atoms with E-state index in [2.05, 4.69) is 32.2 Å². The molecule has 0 spiro atoms. The van der Waals surface area contributed by atoms with E-state index < -0.39 is 0 Å². The van der Waals surface area contributed by atoms with Crippen molar-refractivity contribution in [3.05, 3.63) is 36.2 Å². The molecule has 1 aliphatic rings. The van der Waals surface area contributed by atoms with Gasteiger partial charge in [0.1, 0.15) is 5.52 Å². The number of nitrogens with zero attached hydrogens (tertiary/aromatic N) is 3. The van der Waals surface area contributed by atoms with Gasteiger partial charge in [-0.2, -0.15) is 0 Å². The molecule has 4 rings (SSSR count). The van der Waals surface area contributed by atoms with Gasteiger partial charge in [-0.25, -0.2) is 9.97 Å². The molecule has 1 fully saturated rings. The third-order valence-corrected chi connectivity index (χ3v) is 5.03. The first-order valence-corrected chi connectivity index (χ1v) is 9.15. The first-order chi connectivity index (χ1) is 13.6. The Hall–Kier alpha value is -3.13. The summed E-state index contributed by atoms with van der Waals surface area (Å²) in [6, 6.07) is 5.71. The molecule has 1 aliphatic heterocycles. The van der Waals surface area contributed by atoms with Crippen molar-refractivity contribution in [1.82, 2.24) is 25.2 Å². The summed E-state index contributed by atoms with van der Waals surface area (Å²) in [6.07, 6.45) is 4.29. The molecule has 2 N–H and O–H groups in total. The average molecular weight is 381 g/mol. The van der Waals surface area contributed by atoms with Crippen molar-refractivity contribution in [3.8, 4) is 22.8 Å². The van der Waals surface area contributed by atoms with Crippen LogP contribution in [0.15, 0.2) is 30.6 Å². The van der Waals surface area contributed by atoms with E-state index in [0.717, 1.165) is 25.1 Å². The summed E-state index contributed by atoms with van der Waals surface area (Å²) in [4.78, 5) is 27.1. The fourth-order valence-electron chi connectivity index (χ4n) is 3.52. The number of carbonyl (C=O) groups is 1. The first-order valence-electron chi connectivity index (χ1n) is 9.15. The number of carbonyl (C=O) groups excluding carboxylic acids is 1. The normalized spacial score (nSPS) is 17.0. The van der Waals surface area contributed by atoms with Crippen LogP contribution >= 0.6 is 0 Å². The van der Waals surface area contributed by atoms with E-state index in [1.807, 2.05) is 18.2 Å². The van der Waals surface area contributed by atoms with Crippen LogP contribution in [0, 0.1) is 0 Å². The van der Waals surface area contributed by atoms with Crippen molar-refractivity contribution >= 4 is 17.1 Å². The molecule has 0 radical (unpaired) electrons. The molecule has 1 saturated heterocycles. The van der Waals surface area contributed by atoms with Gasteiger partial charge in [-0.3, -0.25) is 4.79 Å². The molecule has 1 amide bonds. The van der Waals surface area contributed by atoms with Crippen LogP contribution in [0.2, 0.25) is 0 Å². The summed E-state index contributed by atoms with van der Waals surface area (Å²) in [7, 11) is 5.24. The predicted molar refractivity (Wildman–Crippen MR) is 106 cm³/mol. The number of amides is 1. The van der Waals surface area contributed by atoms with Gasteiger partial charge in [0.15, 0.2) is 17.1 Å². The summed E-state index contributed by atoms with van der Waals surface area (Å²) in [5.74, 6) is 1.12. The molecule has 1 atom stereocenters. The fourth-order valence-corrected chi connectivity index (χ4v) is 3.52. The number of rotatable bonds is 5. The molecular weight excluding hydrogens is 358 g/mol. The molecule has 0 saturated carbocycles. The Morgan fingerprint density at radius 2 is 2.11 bits per heavy atom. The van der Waals surface area contributed by atoms with E-state index >= 15 is 0 Å². The lowest BCUT2D eigenvalue weighted by molar-refractivity contribution is 0.0940. The maximum atomic E-state index is 12.8. The molecule has 3 heterocycles. The van der Waals surface area contributed by atoms with Crippen molar-refractivity contribution in [1.29, 1.82) is 0 Å². The number of aromatic nitrogens is 3. The maximum absolute atomic E-state index is 12.8. The second kappa shape index (κ2) is 7.47. The van der Waals surface area contributed by atoms with E-state index in [0.29, 0.717) is 33.9 Å². The lowest BCUT2D eigenvalue weighted by Crippen LogP contribution is -2.36. The summed E-state index contributed by atoms with van der Waals surface area (Å²) in [5, 5.41) is 3.09. The zero-order chi connectivity index (χ0) is 19.7. The largest absolute Gasteiger partial charge is 0.493 e. The van der Waals surface area contributed by atoms with Crippen LogP contribution in [0.3, 0.4) is 0 Å². The highest BCUT2D eigenvalue weighted by molar-refractivity contribution is 6.04. The lowest BCUT2D eigenvalue weighted by Gasteiger charge is -2.12. The Morgan fingerprint density at radius 3 is 2.82 bits per heavy atom. The number of likely N-dealkylation sites (N-methyl/N-ethyl adjacent to an activating group) is 1. The molecule has 8 heteroatoms. The highest BCUT2D eigenvalue weighted by Crippen LogP contribution is 2.32. The summed E-state index contributed by atoms with van der Waals surface area (Å²) in [6.45, 7) is 1.85. The van der Waals surface area contributed by atoms with Gasteiger partial charge in [-0.05, 0) is 38.2 Å². The average Bonchev–Trinajstić information content (AvgIpc) is 3.32. The number of likely N-dealkylation sites (tertiary alicyclic amines) is 1. The minimum absolute atomic E-state index is 0.134. The fraction of sp³-hybridized carbons (Fsp3) is 0.350. The van der Waals surface area contributed by atoms with Crippen molar-refractivity contribution in [3.63, 3.8) is 0 Å².